The van der Waals surface area contributed by atoms with Gasteiger partial charge < -0.3 is 0 Å². The van der Waals surface area contributed by atoms with Crippen molar-refractivity contribution in [2.45, 2.75) is 6.05 Å². The molecule has 0 fully saturated rings. The molecule has 2 nitrogen and oxygen atoms in total. The number of rotatable bonds is 1. The van der Waals surface area contributed by atoms with E-state index in [0.29, 0.717) is 0 Å². The van der Waals surface area contributed by atoms with Gasteiger partial charge in [0.2, 0.25) is 0 Å². The number of hydrogen-bond donors (Lipinski definition) is 1. The molecule has 0 bridgehead atoms. The summed E-state index contributed by atoms with van der Waals surface area (Å²) in [5.41, 5.74) is 4.28. The van der Waals surface area contributed by atoms with E-state index in [9.17, 15) is 8.78 Å². The van der Waals surface area contributed by atoms with E-state index in [4.69, 9.17) is 0 Å². The van der Waals surface area contributed by atoms with E-state index >= 15 is 0 Å². The molecule has 1 aromatic rings. The van der Waals surface area contributed by atoms with Crippen LogP contribution in [-0.2, 0) is 6.05 Å². The van der Waals surface area contributed by atoms with Crippen LogP contribution in [0.1, 0.15) is 5.56 Å². The third kappa shape index (κ3) is 1.48. The van der Waals surface area contributed by atoms with E-state index in [0.717, 1.165) is 0 Å². The fourth-order valence-electron chi connectivity index (χ4n) is 0.574. The smallest absolute Gasteiger partial charge is 0.268 e. The number of aromatic nitrogens is 1. The molecule has 1 heterocycles. The number of pyridine rings is 1. The van der Waals surface area contributed by atoms with Crippen LogP contribution >= 0.6 is 0 Å². The van der Waals surface area contributed by atoms with Crippen molar-refractivity contribution in [3.63, 3.8) is 0 Å². The normalized spacial score (nSPS) is 11.5. The van der Waals surface area contributed by atoms with Gasteiger partial charge >= 0.3 is 6.05 Å². The maximum absolute atomic E-state index is 12.2. The minimum absolute atomic E-state index is 0.220. The molecule has 0 radical (unpaired) electrons. The van der Waals surface area contributed by atoms with Crippen LogP contribution in [0.2, 0.25) is 0 Å². The van der Waals surface area contributed by atoms with Crippen molar-refractivity contribution in [3.05, 3.63) is 30.1 Å². The van der Waals surface area contributed by atoms with Crippen LogP contribution in [0.15, 0.2) is 24.5 Å². The highest BCUT2D eigenvalue weighted by atomic mass is 19.3. The van der Waals surface area contributed by atoms with E-state index in [1.807, 2.05) is 0 Å². The quantitative estimate of drug-likeness (QED) is 0.599. The third-order valence-electron chi connectivity index (χ3n) is 1.07. The molecule has 0 saturated heterocycles. The van der Waals surface area contributed by atoms with Crippen molar-refractivity contribution in [2.75, 3.05) is 0 Å². The Balaban J connectivity index is 2.97. The molecule has 0 spiro atoms. The average Bonchev–Trinajstić information content (AvgIpc) is 1.88. The summed E-state index contributed by atoms with van der Waals surface area (Å²) < 4.78 is 24.4. The highest BCUT2D eigenvalue weighted by Gasteiger charge is 2.24. The minimum atomic E-state index is -3.25. The molecular formula is C6H6F2N2. The topological polar surface area (TPSA) is 38.9 Å². The molecule has 0 aliphatic heterocycles. The predicted molar refractivity (Wildman–Crippen MR) is 32.3 cm³/mol. The number of nitrogens with two attached hydrogens (primary N) is 1. The second-order valence-electron chi connectivity index (χ2n) is 1.86. The van der Waals surface area contributed by atoms with Gasteiger partial charge in [0.15, 0.2) is 0 Å². The highest BCUT2D eigenvalue weighted by Crippen LogP contribution is 2.19. The fourth-order valence-corrected chi connectivity index (χ4v) is 0.574. The van der Waals surface area contributed by atoms with Gasteiger partial charge in [-0.2, -0.15) is 8.78 Å². The first-order valence-corrected chi connectivity index (χ1v) is 2.68. The van der Waals surface area contributed by atoms with Crippen molar-refractivity contribution in [1.29, 1.82) is 0 Å². The summed E-state index contributed by atoms with van der Waals surface area (Å²) in [5, 5.41) is 0. The zero-order valence-electron chi connectivity index (χ0n) is 5.09. The van der Waals surface area contributed by atoms with Crippen molar-refractivity contribution in [2.24, 2.45) is 5.73 Å². The molecule has 54 valence electrons. The Morgan fingerprint density at radius 3 is 2.10 bits per heavy atom. The van der Waals surface area contributed by atoms with Gasteiger partial charge in [-0.05, 0) is 12.1 Å². The van der Waals surface area contributed by atoms with Crippen LogP contribution in [0.25, 0.3) is 0 Å². The summed E-state index contributed by atoms with van der Waals surface area (Å²) in [6.07, 6.45) is 2.55. The Bertz CT molecular complexity index is 205. The molecule has 1 aromatic heterocycles. The zero-order valence-corrected chi connectivity index (χ0v) is 5.09. The van der Waals surface area contributed by atoms with Crippen molar-refractivity contribution < 1.29 is 8.78 Å². The van der Waals surface area contributed by atoms with Gasteiger partial charge in [0.25, 0.3) is 0 Å². The Morgan fingerprint density at radius 2 is 1.80 bits per heavy atom. The van der Waals surface area contributed by atoms with Crippen molar-refractivity contribution >= 4 is 0 Å². The van der Waals surface area contributed by atoms with Crippen LogP contribution in [0.5, 0.6) is 0 Å². The largest absolute Gasteiger partial charge is 0.327 e. The lowest BCUT2D eigenvalue weighted by molar-refractivity contribution is 0.00290. The van der Waals surface area contributed by atoms with E-state index in [1.165, 1.54) is 24.5 Å². The summed E-state index contributed by atoms with van der Waals surface area (Å²) >= 11 is 0. The Labute approximate surface area is 56.7 Å². The average molecular weight is 144 g/mol. The van der Waals surface area contributed by atoms with E-state index < -0.39 is 6.05 Å². The van der Waals surface area contributed by atoms with Gasteiger partial charge in [0, 0.05) is 18.0 Å². The first-order chi connectivity index (χ1) is 4.61. The van der Waals surface area contributed by atoms with E-state index in [1.54, 1.807) is 0 Å². The molecule has 0 aliphatic rings. The van der Waals surface area contributed by atoms with E-state index in [2.05, 4.69) is 10.7 Å². The number of hydrogen-bond acceptors (Lipinski definition) is 2. The molecule has 10 heavy (non-hydrogen) atoms. The summed E-state index contributed by atoms with van der Waals surface area (Å²) in [7, 11) is 0. The molecule has 0 amide bonds. The second-order valence-corrected chi connectivity index (χ2v) is 1.86. The maximum atomic E-state index is 12.2. The predicted octanol–water partition coefficient (Wildman–Crippen LogP) is 1.09. The molecule has 1 rings (SSSR count). The number of halogens is 2. The van der Waals surface area contributed by atoms with Gasteiger partial charge in [0.05, 0.1) is 0 Å². The summed E-state index contributed by atoms with van der Waals surface area (Å²) in [4.78, 5) is 3.57. The zero-order chi connectivity index (χ0) is 7.61. The lowest BCUT2D eigenvalue weighted by Crippen LogP contribution is -2.24. The maximum Gasteiger partial charge on any atom is 0.327 e. The van der Waals surface area contributed by atoms with Crippen LogP contribution in [0.4, 0.5) is 8.78 Å². The van der Waals surface area contributed by atoms with Gasteiger partial charge in [-0.25, -0.2) is 0 Å². The lowest BCUT2D eigenvalue weighted by atomic mass is 10.2. The number of alkyl halides is 2. The SMILES string of the molecule is NC(F)(F)c1ccncc1. The van der Waals surface area contributed by atoms with Gasteiger partial charge in [0.1, 0.15) is 0 Å². The standard InChI is InChI=1S/C6H6F2N2/c7-6(8,9)5-1-3-10-4-2-5/h1-4H,9H2. The monoisotopic (exact) mass is 144 g/mol. The Morgan fingerprint density at radius 1 is 1.30 bits per heavy atom. The van der Waals surface area contributed by atoms with Crippen LogP contribution in [-0.4, -0.2) is 4.98 Å². The molecule has 0 unspecified atom stereocenters. The Hall–Kier alpha value is -1.03. The van der Waals surface area contributed by atoms with Gasteiger partial charge in [-0.15, -0.1) is 0 Å². The molecule has 2 N–H and O–H groups in total. The molecule has 0 aliphatic carbocycles. The third-order valence-corrected chi connectivity index (χ3v) is 1.07. The molecule has 0 aromatic carbocycles. The van der Waals surface area contributed by atoms with Crippen LogP contribution in [0, 0.1) is 0 Å². The summed E-state index contributed by atoms with van der Waals surface area (Å²) in [6.45, 7) is 0. The summed E-state index contributed by atoms with van der Waals surface area (Å²) in [5.74, 6) is 0. The van der Waals surface area contributed by atoms with Crippen molar-refractivity contribution in [3.8, 4) is 0 Å². The molecule has 0 saturated carbocycles. The van der Waals surface area contributed by atoms with E-state index in [-0.39, 0.29) is 5.56 Å². The molecular weight excluding hydrogens is 138 g/mol. The number of nitrogens with zero attached hydrogens (tertiary/aromatic N) is 1. The van der Waals surface area contributed by atoms with Gasteiger partial charge in [-0.1, -0.05) is 0 Å². The summed E-state index contributed by atoms with van der Waals surface area (Å²) in [6, 6.07) is -0.886. The minimum Gasteiger partial charge on any atom is -0.268 e. The fraction of sp³-hybridized carbons (Fsp3) is 0.167. The lowest BCUT2D eigenvalue weighted by Gasteiger charge is -2.08. The second kappa shape index (κ2) is 2.30. The molecule has 4 heteroatoms. The Kier molecular flexibility index (Phi) is 1.63. The highest BCUT2D eigenvalue weighted by molar-refractivity contribution is 5.14. The van der Waals surface area contributed by atoms with Crippen LogP contribution in [0.3, 0.4) is 0 Å². The van der Waals surface area contributed by atoms with Gasteiger partial charge in [-0.3, -0.25) is 10.7 Å². The molecule has 0 atom stereocenters. The first kappa shape index (κ1) is 7.08. The van der Waals surface area contributed by atoms with Crippen LogP contribution < -0.4 is 5.73 Å². The first-order valence-electron chi connectivity index (χ1n) is 2.68. The van der Waals surface area contributed by atoms with Crippen molar-refractivity contribution in [1.82, 2.24) is 4.98 Å².